The standard InChI is InChI=1S/C9H9F3N2/c1-6-4-2-3-5-7(6)14-8(13)9(10,11)12/h2-5H,1H3,(H2,13,14). The maximum atomic E-state index is 12.0. The summed E-state index contributed by atoms with van der Waals surface area (Å²) in [6, 6.07) is 6.48. The molecule has 0 saturated heterocycles. The van der Waals surface area contributed by atoms with Crippen LogP contribution in [0.2, 0.25) is 0 Å². The molecular formula is C9H9F3N2. The number of para-hydroxylation sites is 1. The molecule has 0 amide bonds. The molecule has 2 nitrogen and oxygen atoms in total. The highest BCUT2D eigenvalue weighted by atomic mass is 19.4. The van der Waals surface area contributed by atoms with E-state index < -0.39 is 12.0 Å². The number of nitrogens with zero attached hydrogens (tertiary/aromatic N) is 1. The van der Waals surface area contributed by atoms with E-state index in [9.17, 15) is 13.2 Å². The lowest BCUT2D eigenvalue weighted by Gasteiger charge is -2.05. The second kappa shape index (κ2) is 3.69. The van der Waals surface area contributed by atoms with Crippen LogP contribution in [0.3, 0.4) is 0 Å². The van der Waals surface area contributed by atoms with Crippen LogP contribution in [0.1, 0.15) is 5.56 Å². The van der Waals surface area contributed by atoms with Gasteiger partial charge in [0.05, 0.1) is 5.69 Å². The van der Waals surface area contributed by atoms with Crippen LogP contribution in [0.5, 0.6) is 0 Å². The first-order chi connectivity index (χ1) is 6.41. The fourth-order valence-electron chi connectivity index (χ4n) is 0.882. The van der Waals surface area contributed by atoms with E-state index in [4.69, 9.17) is 5.73 Å². The molecule has 1 rings (SSSR count). The Morgan fingerprint density at radius 3 is 2.36 bits per heavy atom. The van der Waals surface area contributed by atoms with Gasteiger partial charge in [0.1, 0.15) is 0 Å². The smallest absolute Gasteiger partial charge is 0.380 e. The molecule has 2 N–H and O–H groups in total. The van der Waals surface area contributed by atoms with Gasteiger partial charge in [-0.25, -0.2) is 4.99 Å². The van der Waals surface area contributed by atoms with Crippen LogP contribution >= 0.6 is 0 Å². The molecule has 0 aromatic heterocycles. The summed E-state index contributed by atoms with van der Waals surface area (Å²) in [6.45, 7) is 1.67. The van der Waals surface area contributed by atoms with Crippen LogP contribution in [-0.2, 0) is 0 Å². The van der Waals surface area contributed by atoms with Crippen LogP contribution in [0.25, 0.3) is 0 Å². The molecule has 0 spiro atoms. The third-order valence-electron chi connectivity index (χ3n) is 1.65. The molecule has 1 aromatic rings. The third kappa shape index (κ3) is 2.48. The highest BCUT2D eigenvalue weighted by Gasteiger charge is 2.33. The average molecular weight is 202 g/mol. The number of halogens is 3. The number of nitrogens with two attached hydrogens (primary N) is 1. The zero-order chi connectivity index (χ0) is 10.8. The van der Waals surface area contributed by atoms with E-state index in [1.807, 2.05) is 0 Å². The van der Waals surface area contributed by atoms with Crippen LogP contribution in [0, 0.1) is 6.92 Å². The van der Waals surface area contributed by atoms with Crippen LogP contribution in [0.15, 0.2) is 29.3 Å². The lowest BCUT2D eigenvalue weighted by atomic mass is 10.2. The van der Waals surface area contributed by atoms with Gasteiger partial charge in [0.2, 0.25) is 5.84 Å². The number of benzene rings is 1. The fourth-order valence-corrected chi connectivity index (χ4v) is 0.882. The zero-order valence-corrected chi connectivity index (χ0v) is 7.47. The molecule has 0 aliphatic rings. The largest absolute Gasteiger partial charge is 0.448 e. The molecule has 0 saturated carbocycles. The lowest BCUT2D eigenvalue weighted by molar-refractivity contribution is -0.0597. The maximum Gasteiger partial charge on any atom is 0.448 e. The monoisotopic (exact) mass is 202 g/mol. The number of hydrogen-bond acceptors (Lipinski definition) is 1. The van der Waals surface area contributed by atoms with Crippen LogP contribution in [0.4, 0.5) is 18.9 Å². The molecule has 0 fully saturated rings. The molecule has 5 heteroatoms. The molecule has 0 bridgehead atoms. The first-order valence-corrected chi connectivity index (χ1v) is 3.88. The van der Waals surface area contributed by atoms with Gasteiger partial charge in [-0.05, 0) is 18.6 Å². The van der Waals surface area contributed by atoms with Gasteiger partial charge < -0.3 is 5.73 Å². The Morgan fingerprint density at radius 1 is 1.29 bits per heavy atom. The molecule has 0 radical (unpaired) electrons. The quantitative estimate of drug-likeness (QED) is 0.551. The van der Waals surface area contributed by atoms with Crippen molar-refractivity contribution in [1.82, 2.24) is 0 Å². The van der Waals surface area contributed by atoms with Crippen LogP contribution < -0.4 is 5.73 Å². The van der Waals surface area contributed by atoms with Gasteiger partial charge >= 0.3 is 6.18 Å². The van der Waals surface area contributed by atoms with Crippen molar-refractivity contribution in [1.29, 1.82) is 0 Å². The summed E-state index contributed by atoms with van der Waals surface area (Å²) in [4.78, 5) is 3.30. The third-order valence-corrected chi connectivity index (χ3v) is 1.65. The van der Waals surface area contributed by atoms with Gasteiger partial charge in [0.25, 0.3) is 0 Å². The second-order valence-corrected chi connectivity index (χ2v) is 2.78. The molecular weight excluding hydrogens is 193 g/mol. The van der Waals surface area contributed by atoms with E-state index in [1.54, 1.807) is 25.1 Å². The summed E-state index contributed by atoms with van der Waals surface area (Å²) in [5, 5.41) is 0. The molecule has 1 aromatic carbocycles. The SMILES string of the molecule is Cc1ccccc1N=C(N)C(F)(F)F. The first-order valence-electron chi connectivity index (χ1n) is 3.88. The van der Waals surface area contributed by atoms with Crippen molar-refractivity contribution in [3.05, 3.63) is 29.8 Å². The summed E-state index contributed by atoms with van der Waals surface area (Å²) in [7, 11) is 0. The van der Waals surface area contributed by atoms with Gasteiger partial charge in [-0.15, -0.1) is 0 Å². The number of rotatable bonds is 1. The number of aliphatic imine (C=N–C) groups is 1. The Hall–Kier alpha value is -1.52. The summed E-state index contributed by atoms with van der Waals surface area (Å²) in [5.41, 5.74) is 5.67. The summed E-state index contributed by atoms with van der Waals surface area (Å²) in [5.74, 6) is -1.33. The topological polar surface area (TPSA) is 38.4 Å². The molecule has 0 unspecified atom stereocenters. The molecule has 0 atom stereocenters. The zero-order valence-electron chi connectivity index (χ0n) is 7.47. The summed E-state index contributed by atoms with van der Waals surface area (Å²) < 4.78 is 36.0. The molecule has 0 heterocycles. The fraction of sp³-hybridized carbons (Fsp3) is 0.222. The Kier molecular flexibility index (Phi) is 2.78. The Balaban J connectivity index is 3.04. The van der Waals surface area contributed by atoms with Crippen LogP contribution in [-0.4, -0.2) is 12.0 Å². The summed E-state index contributed by atoms with van der Waals surface area (Å²) >= 11 is 0. The number of amidine groups is 1. The molecule has 76 valence electrons. The van der Waals surface area contributed by atoms with E-state index in [0.717, 1.165) is 0 Å². The van der Waals surface area contributed by atoms with Gasteiger partial charge in [-0.2, -0.15) is 13.2 Å². The van der Waals surface area contributed by atoms with E-state index in [2.05, 4.69) is 4.99 Å². The van der Waals surface area contributed by atoms with E-state index in [0.29, 0.717) is 5.56 Å². The van der Waals surface area contributed by atoms with Gasteiger partial charge in [-0.3, -0.25) is 0 Å². The minimum atomic E-state index is -4.57. The maximum absolute atomic E-state index is 12.0. The van der Waals surface area contributed by atoms with E-state index in [-0.39, 0.29) is 5.69 Å². The highest BCUT2D eigenvalue weighted by molar-refractivity contribution is 5.88. The van der Waals surface area contributed by atoms with Crippen molar-refractivity contribution in [2.75, 3.05) is 0 Å². The predicted molar refractivity (Wildman–Crippen MR) is 48.5 cm³/mol. The van der Waals surface area contributed by atoms with Gasteiger partial charge in [-0.1, -0.05) is 18.2 Å². The van der Waals surface area contributed by atoms with Crippen molar-refractivity contribution in [2.24, 2.45) is 10.7 Å². The Morgan fingerprint density at radius 2 is 1.86 bits per heavy atom. The number of hydrogen-bond donors (Lipinski definition) is 1. The van der Waals surface area contributed by atoms with Crippen molar-refractivity contribution >= 4 is 11.5 Å². The van der Waals surface area contributed by atoms with E-state index >= 15 is 0 Å². The Labute approximate surface area is 79.3 Å². The highest BCUT2D eigenvalue weighted by Crippen LogP contribution is 2.21. The number of aryl methyl sites for hydroxylation is 1. The molecule has 0 aliphatic carbocycles. The van der Waals surface area contributed by atoms with E-state index in [1.165, 1.54) is 6.07 Å². The van der Waals surface area contributed by atoms with Crippen molar-refractivity contribution in [3.63, 3.8) is 0 Å². The predicted octanol–water partition coefficient (Wildman–Crippen LogP) is 2.55. The number of alkyl halides is 3. The second-order valence-electron chi connectivity index (χ2n) is 2.78. The first kappa shape index (κ1) is 10.6. The van der Waals surface area contributed by atoms with Crippen molar-refractivity contribution in [2.45, 2.75) is 13.1 Å². The molecule has 14 heavy (non-hydrogen) atoms. The lowest BCUT2D eigenvalue weighted by Crippen LogP contribution is -2.30. The summed E-state index contributed by atoms with van der Waals surface area (Å²) in [6.07, 6.45) is -4.57. The van der Waals surface area contributed by atoms with Crippen molar-refractivity contribution < 1.29 is 13.2 Å². The van der Waals surface area contributed by atoms with Crippen molar-refractivity contribution in [3.8, 4) is 0 Å². The van der Waals surface area contributed by atoms with Gasteiger partial charge in [0.15, 0.2) is 0 Å². The normalized spacial score (nSPS) is 13.0. The minimum absolute atomic E-state index is 0.238. The molecule has 0 aliphatic heterocycles. The Bertz CT molecular complexity index is 355. The van der Waals surface area contributed by atoms with Gasteiger partial charge in [0, 0.05) is 0 Å². The average Bonchev–Trinajstić information content (AvgIpc) is 2.07. The minimum Gasteiger partial charge on any atom is -0.380 e.